The fourth-order valence-corrected chi connectivity index (χ4v) is 2.54. The monoisotopic (exact) mass is 279 g/mol. The van der Waals surface area contributed by atoms with Crippen LogP contribution in [0.3, 0.4) is 0 Å². The molecule has 0 bridgehead atoms. The second-order valence-electron chi connectivity index (χ2n) is 4.99. The fourth-order valence-electron chi connectivity index (χ4n) is 2.54. The number of piperazine rings is 1. The number of nitrogens with zero attached hydrogens (tertiary/aromatic N) is 4. The molecule has 1 aliphatic heterocycles. The molecule has 2 heterocycles. The molecular weight excluding hydrogens is 254 g/mol. The van der Waals surface area contributed by atoms with E-state index < -0.39 is 0 Å². The first-order valence-corrected chi connectivity index (χ1v) is 7.30. The molecule has 2 rings (SSSR count). The Bertz CT molecular complexity index is 367. The summed E-state index contributed by atoms with van der Waals surface area (Å²) < 4.78 is 5.35. The third-order valence-electron chi connectivity index (χ3n) is 3.65. The molecule has 1 saturated heterocycles. The lowest BCUT2D eigenvalue weighted by atomic mass is 10.2. The lowest BCUT2D eigenvalue weighted by Crippen LogP contribution is -2.54. The molecule has 0 aromatic carbocycles. The summed E-state index contributed by atoms with van der Waals surface area (Å²) in [7, 11) is 1.77. The quantitative estimate of drug-likeness (QED) is 0.771. The van der Waals surface area contributed by atoms with Gasteiger partial charge < -0.3 is 15.0 Å². The van der Waals surface area contributed by atoms with E-state index in [9.17, 15) is 0 Å². The highest BCUT2D eigenvalue weighted by Crippen LogP contribution is 2.11. The smallest absolute Gasteiger partial charge is 0.225 e. The SMILES string of the molecule is CCNCC(COC)N1CCN(c2ncccn2)CC1. The molecule has 6 nitrogen and oxygen atoms in total. The van der Waals surface area contributed by atoms with E-state index in [1.54, 1.807) is 19.5 Å². The second-order valence-corrected chi connectivity index (χ2v) is 4.99. The van der Waals surface area contributed by atoms with Crippen molar-refractivity contribution in [2.45, 2.75) is 13.0 Å². The lowest BCUT2D eigenvalue weighted by molar-refractivity contribution is 0.0853. The third-order valence-corrected chi connectivity index (χ3v) is 3.65. The predicted octanol–water partition coefficient (Wildman–Crippen LogP) is 0.223. The van der Waals surface area contributed by atoms with Crippen molar-refractivity contribution >= 4 is 5.95 Å². The first kappa shape index (κ1) is 15.2. The van der Waals surface area contributed by atoms with Gasteiger partial charge in [0.2, 0.25) is 5.95 Å². The Hall–Kier alpha value is -1.24. The van der Waals surface area contributed by atoms with Crippen LogP contribution >= 0.6 is 0 Å². The zero-order valence-electron chi connectivity index (χ0n) is 12.5. The molecule has 0 amide bonds. The van der Waals surface area contributed by atoms with Crippen LogP contribution in [0.4, 0.5) is 5.95 Å². The lowest BCUT2D eigenvalue weighted by Gasteiger charge is -2.39. The molecule has 0 aliphatic carbocycles. The highest BCUT2D eigenvalue weighted by Gasteiger charge is 2.24. The van der Waals surface area contributed by atoms with Crippen molar-refractivity contribution < 1.29 is 4.74 Å². The average molecular weight is 279 g/mol. The van der Waals surface area contributed by atoms with Gasteiger partial charge in [0, 0.05) is 58.3 Å². The standard InChI is InChI=1S/C14H25N5O/c1-3-15-11-13(12-20-2)18-7-9-19(10-8-18)14-16-5-4-6-17-14/h4-6,13,15H,3,7-12H2,1-2H3. The number of likely N-dealkylation sites (N-methyl/N-ethyl adjacent to an activating group) is 1. The molecule has 1 atom stereocenters. The van der Waals surface area contributed by atoms with Crippen molar-refractivity contribution in [3.63, 3.8) is 0 Å². The zero-order chi connectivity index (χ0) is 14.2. The van der Waals surface area contributed by atoms with E-state index in [-0.39, 0.29) is 0 Å². The van der Waals surface area contributed by atoms with Gasteiger partial charge in [0.25, 0.3) is 0 Å². The first-order valence-electron chi connectivity index (χ1n) is 7.30. The molecule has 6 heteroatoms. The minimum atomic E-state index is 0.443. The molecule has 0 spiro atoms. The summed E-state index contributed by atoms with van der Waals surface area (Å²) in [6.45, 7) is 8.87. The normalized spacial score (nSPS) is 18.2. The number of rotatable bonds is 7. The molecule has 112 valence electrons. The highest BCUT2D eigenvalue weighted by molar-refractivity contribution is 5.29. The van der Waals surface area contributed by atoms with Crippen molar-refractivity contribution in [2.24, 2.45) is 0 Å². The van der Waals surface area contributed by atoms with Crippen LogP contribution in [0.2, 0.25) is 0 Å². The van der Waals surface area contributed by atoms with Crippen molar-refractivity contribution in [3.05, 3.63) is 18.5 Å². The van der Waals surface area contributed by atoms with E-state index in [0.29, 0.717) is 6.04 Å². The number of hydrogen-bond acceptors (Lipinski definition) is 6. The number of methoxy groups -OCH3 is 1. The number of ether oxygens (including phenoxy) is 1. The Kier molecular flexibility index (Phi) is 6.17. The molecule has 20 heavy (non-hydrogen) atoms. The Morgan fingerprint density at radius 1 is 1.25 bits per heavy atom. The average Bonchev–Trinajstić information content (AvgIpc) is 2.52. The van der Waals surface area contributed by atoms with Crippen LogP contribution in [0.25, 0.3) is 0 Å². The van der Waals surface area contributed by atoms with Crippen molar-refractivity contribution in [1.29, 1.82) is 0 Å². The van der Waals surface area contributed by atoms with Gasteiger partial charge in [-0.25, -0.2) is 9.97 Å². The van der Waals surface area contributed by atoms with E-state index in [4.69, 9.17) is 4.74 Å². The van der Waals surface area contributed by atoms with Crippen molar-refractivity contribution in [1.82, 2.24) is 20.2 Å². The summed E-state index contributed by atoms with van der Waals surface area (Å²) in [5.41, 5.74) is 0. The molecule has 1 N–H and O–H groups in total. The van der Waals surface area contributed by atoms with Gasteiger partial charge in [0.05, 0.1) is 6.61 Å². The van der Waals surface area contributed by atoms with Crippen LogP contribution in [0.15, 0.2) is 18.5 Å². The van der Waals surface area contributed by atoms with Gasteiger partial charge in [-0.05, 0) is 12.6 Å². The van der Waals surface area contributed by atoms with Crippen LogP contribution in [-0.4, -0.2) is 73.9 Å². The van der Waals surface area contributed by atoms with Gasteiger partial charge in [-0.2, -0.15) is 0 Å². The first-order chi connectivity index (χ1) is 9.85. The fraction of sp³-hybridized carbons (Fsp3) is 0.714. The Labute approximate surface area is 121 Å². The van der Waals surface area contributed by atoms with Gasteiger partial charge in [0.15, 0.2) is 0 Å². The summed E-state index contributed by atoms with van der Waals surface area (Å²) in [5, 5.41) is 3.41. The molecule has 0 radical (unpaired) electrons. The maximum atomic E-state index is 5.35. The predicted molar refractivity (Wildman–Crippen MR) is 80.0 cm³/mol. The second kappa shape index (κ2) is 8.14. The highest BCUT2D eigenvalue weighted by atomic mass is 16.5. The summed E-state index contributed by atoms with van der Waals surface area (Å²) in [6.07, 6.45) is 3.60. The van der Waals surface area contributed by atoms with E-state index in [0.717, 1.165) is 51.8 Å². The molecule has 1 fully saturated rings. The van der Waals surface area contributed by atoms with Gasteiger partial charge in [-0.15, -0.1) is 0 Å². The van der Waals surface area contributed by atoms with Crippen LogP contribution in [-0.2, 0) is 4.74 Å². The third kappa shape index (κ3) is 4.13. The Morgan fingerprint density at radius 3 is 2.55 bits per heavy atom. The molecule has 1 aliphatic rings. The van der Waals surface area contributed by atoms with E-state index in [1.165, 1.54) is 0 Å². The van der Waals surface area contributed by atoms with Gasteiger partial charge in [0.1, 0.15) is 0 Å². The number of aromatic nitrogens is 2. The molecule has 1 aromatic heterocycles. The van der Waals surface area contributed by atoms with Crippen LogP contribution < -0.4 is 10.2 Å². The number of hydrogen-bond donors (Lipinski definition) is 1. The largest absolute Gasteiger partial charge is 0.383 e. The van der Waals surface area contributed by atoms with E-state index in [1.807, 2.05) is 6.07 Å². The maximum absolute atomic E-state index is 5.35. The Balaban J connectivity index is 1.85. The summed E-state index contributed by atoms with van der Waals surface area (Å²) in [4.78, 5) is 13.4. The summed E-state index contributed by atoms with van der Waals surface area (Å²) in [6, 6.07) is 2.30. The Morgan fingerprint density at radius 2 is 1.95 bits per heavy atom. The van der Waals surface area contributed by atoms with E-state index >= 15 is 0 Å². The van der Waals surface area contributed by atoms with E-state index in [2.05, 4.69) is 32.0 Å². The minimum Gasteiger partial charge on any atom is -0.383 e. The summed E-state index contributed by atoms with van der Waals surface area (Å²) in [5.74, 6) is 0.835. The van der Waals surface area contributed by atoms with Crippen LogP contribution in [0, 0.1) is 0 Å². The number of nitrogens with one attached hydrogen (secondary N) is 1. The van der Waals surface area contributed by atoms with Crippen LogP contribution in [0.1, 0.15) is 6.92 Å². The van der Waals surface area contributed by atoms with Crippen molar-refractivity contribution in [3.8, 4) is 0 Å². The summed E-state index contributed by atoms with van der Waals surface area (Å²) >= 11 is 0. The van der Waals surface area contributed by atoms with Gasteiger partial charge >= 0.3 is 0 Å². The molecule has 0 saturated carbocycles. The molecule has 1 aromatic rings. The minimum absolute atomic E-state index is 0.443. The maximum Gasteiger partial charge on any atom is 0.225 e. The zero-order valence-corrected chi connectivity index (χ0v) is 12.5. The number of anilines is 1. The molecular formula is C14H25N5O. The van der Waals surface area contributed by atoms with Crippen LogP contribution in [0.5, 0.6) is 0 Å². The topological polar surface area (TPSA) is 53.5 Å². The molecule has 1 unspecified atom stereocenters. The van der Waals surface area contributed by atoms with Gasteiger partial charge in [-0.1, -0.05) is 6.92 Å². The van der Waals surface area contributed by atoms with Gasteiger partial charge in [-0.3, -0.25) is 4.90 Å². The van der Waals surface area contributed by atoms with Crippen molar-refractivity contribution in [2.75, 3.05) is 57.9 Å².